The van der Waals surface area contributed by atoms with Crippen LogP contribution in [0.5, 0.6) is 5.75 Å². The number of azo groups is 1. The number of hydrogen-bond donors (Lipinski definition) is 4. The number of anilines is 1. The molecule has 38 heavy (non-hydrogen) atoms. The highest BCUT2D eigenvalue weighted by molar-refractivity contribution is 7.86. The number of carbonyl (C=O) groups excluding carboxylic acids is 1. The number of benzene rings is 4. The molecule has 196 valence electrons. The van der Waals surface area contributed by atoms with Gasteiger partial charge in [-0.1, -0.05) is 24.3 Å². The number of hydrogen-bond acceptors (Lipinski definition) is 8. The SMILES string of the molecule is Cc1ccc(S(=O)(=O)O)c(N=Nc2c(C)cc3cc(S(=O)(=O)O)cc(NC(=O)c4ccccc4)c3c2O)c1. The minimum absolute atomic E-state index is 0.000441. The number of aryl methyl sites for hydroxylation is 2. The maximum Gasteiger partial charge on any atom is 0.296 e. The summed E-state index contributed by atoms with van der Waals surface area (Å²) < 4.78 is 66.5. The number of phenolic OH excluding ortho intramolecular Hbond substituents is 1. The number of phenols is 1. The van der Waals surface area contributed by atoms with Crippen LogP contribution >= 0.6 is 0 Å². The van der Waals surface area contributed by atoms with E-state index in [1.807, 2.05) is 0 Å². The number of carbonyl (C=O) groups is 1. The Morgan fingerprint density at radius 1 is 0.842 bits per heavy atom. The average molecular weight is 556 g/mol. The fraction of sp³-hybridized carbons (Fsp3) is 0.0800. The van der Waals surface area contributed by atoms with Crippen molar-refractivity contribution in [1.29, 1.82) is 0 Å². The van der Waals surface area contributed by atoms with E-state index in [9.17, 15) is 35.8 Å². The van der Waals surface area contributed by atoms with Crippen molar-refractivity contribution in [3.05, 3.63) is 83.4 Å². The molecule has 4 N–H and O–H groups in total. The van der Waals surface area contributed by atoms with Crippen molar-refractivity contribution in [2.75, 3.05) is 5.32 Å². The van der Waals surface area contributed by atoms with E-state index in [0.717, 1.165) is 12.1 Å². The van der Waals surface area contributed by atoms with Crippen molar-refractivity contribution in [2.24, 2.45) is 10.2 Å². The topological polar surface area (TPSA) is 183 Å². The van der Waals surface area contributed by atoms with Crippen LogP contribution < -0.4 is 5.32 Å². The number of fused-ring (bicyclic) bond motifs is 1. The van der Waals surface area contributed by atoms with Crippen LogP contribution in [0.4, 0.5) is 17.1 Å². The molecule has 4 aromatic rings. The molecule has 13 heteroatoms. The lowest BCUT2D eigenvalue weighted by molar-refractivity contribution is 0.102. The van der Waals surface area contributed by atoms with Crippen LogP contribution in [-0.2, 0) is 20.2 Å². The zero-order valence-electron chi connectivity index (χ0n) is 19.9. The summed E-state index contributed by atoms with van der Waals surface area (Å²) in [5.74, 6) is -1.10. The maximum atomic E-state index is 12.8. The van der Waals surface area contributed by atoms with Crippen LogP contribution in [0.15, 0.2) is 86.7 Å². The van der Waals surface area contributed by atoms with Gasteiger partial charge >= 0.3 is 0 Å². The van der Waals surface area contributed by atoms with Crippen molar-refractivity contribution in [2.45, 2.75) is 23.6 Å². The van der Waals surface area contributed by atoms with Gasteiger partial charge in [0.2, 0.25) is 0 Å². The van der Waals surface area contributed by atoms with E-state index in [1.54, 1.807) is 25.1 Å². The first kappa shape index (κ1) is 26.9. The van der Waals surface area contributed by atoms with Crippen LogP contribution in [0.25, 0.3) is 10.8 Å². The predicted molar refractivity (Wildman–Crippen MR) is 140 cm³/mol. The summed E-state index contributed by atoms with van der Waals surface area (Å²) in [6.07, 6.45) is 0. The van der Waals surface area contributed by atoms with Gasteiger partial charge in [0.1, 0.15) is 16.3 Å². The molecular formula is C25H21N3O8S2. The highest BCUT2D eigenvalue weighted by atomic mass is 32.2. The summed E-state index contributed by atoms with van der Waals surface area (Å²) in [6, 6.07) is 15.6. The van der Waals surface area contributed by atoms with Gasteiger partial charge in [-0.05, 0) is 72.8 Å². The molecule has 0 bridgehead atoms. The third-order valence-corrected chi connectivity index (χ3v) is 7.31. The Hall–Kier alpha value is -4.17. The van der Waals surface area contributed by atoms with Gasteiger partial charge in [0.15, 0.2) is 5.75 Å². The molecule has 0 radical (unpaired) electrons. The standard InChI is InChI=1S/C25H21N3O8S2/c1-14-8-9-21(38(34,35)36)19(10-14)27-28-23-15(2)11-17-12-18(37(31,32)33)13-20(22(17)24(23)29)26-25(30)16-6-4-3-5-7-16/h3-13,29H,1-2H3,(H,26,30)(H,31,32,33)(H,34,35,36). The van der Waals surface area contributed by atoms with Gasteiger partial charge in [-0.15, -0.1) is 10.2 Å². The first-order valence-corrected chi connectivity index (χ1v) is 13.8. The Bertz CT molecular complexity index is 1840. The Balaban J connectivity index is 1.92. The molecule has 0 saturated heterocycles. The zero-order valence-corrected chi connectivity index (χ0v) is 21.6. The van der Waals surface area contributed by atoms with Crippen LogP contribution in [0.3, 0.4) is 0 Å². The number of rotatable bonds is 6. The lowest BCUT2D eigenvalue weighted by Gasteiger charge is -2.14. The van der Waals surface area contributed by atoms with Crippen molar-refractivity contribution < 1.29 is 35.8 Å². The van der Waals surface area contributed by atoms with E-state index in [2.05, 4.69) is 15.5 Å². The van der Waals surface area contributed by atoms with Crippen LogP contribution in [0.1, 0.15) is 21.5 Å². The van der Waals surface area contributed by atoms with Crippen molar-refractivity contribution in [1.82, 2.24) is 0 Å². The van der Waals surface area contributed by atoms with Crippen LogP contribution in [0, 0.1) is 13.8 Å². The summed E-state index contributed by atoms with van der Waals surface area (Å²) >= 11 is 0. The second-order valence-corrected chi connectivity index (χ2v) is 11.2. The van der Waals surface area contributed by atoms with Gasteiger partial charge in [0.25, 0.3) is 26.1 Å². The fourth-order valence-corrected chi connectivity index (χ4v) is 4.95. The summed E-state index contributed by atoms with van der Waals surface area (Å²) in [6.45, 7) is 3.22. The highest BCUT2D eigenvalue weighted by Crippen LogP contribution is 2.43. The molecule has 11 nitrogen and oxygen atoms in total. The summed E-state index contributed by atoms with van der Waals surface area (Å²) in [5, 5.41) is 21.8. The van der Waals surface area contributed by atoms with Crippen molar-refractivity contribution in [3.63, 3.8) is 0 Å². The Morgan fingerprint density at radius 2 is 1.53 bits per heavy atom. The second kappa shape index (κ2) is 9.95. The summed E-state index contributed by atoms with van der Waals surface area (Å²) in [4.78, 5) is 11.8. The lowest BCUT2D eigenvalue weighted by atomic mass is 10.0. The fourth-order valence-electron chi connectivity index (χ4n) is 3.81. The second-order valence-electron chi connectivity index (χ2n) is 8.40. The molecular weight excluding hydrogens is 534 g/mol. The highest BCUT2D eigenvalue weighted by Gasteiger charge is 2.21. The molecule has 0 unspecified atom stereocenters. The summed E-state index contributed by atoms with van der Waals surface area (Å²) in [5.41, 5.74) is 0.789. The quantitative estimate of drug-likeness (QED) is 0.182. The van der Waals surface area contributed by atoms with E-state index >= 15 is 0 Å². The minimum Gasteiger partial charge on any atom is -0.505 e. The Morgan fingerprint density at radius 3 is 2.16 bits per heavy atom. The number of nitrogens with one attached hydrogen (secondary N) is 1. The van der Waals surface area contributed by atoms with Gasteiger partial charge < -0.3 is 10.4 Å². The first-order chi connectivity index (χ1) is 17.8. The molecule has 0 aromatic heterocycles. The number of aromatic hydroxyl groups is 1. The normalized spacial score (nSPS) is 12.2. The van der Waals surface area contributed by atoms with E-state index < -0.39 is 41.7 Å². The average Bonchev–Trinajstić information content (AvgIpc) is 2.82. The minimum atomic E-state index is -4.68. The van der Waals surface area contributed by atoms with Gasteiger partial charge in [-0.2, -0.15) is 16.8 Å². The van der Waals surface area contributed by atoms with E-state index in [1.165, 1.54) is 43.3 Å². The molecule has 1 amide bonds. The van der Waals surface area contributed by atoms with Crippen molar-refractivity contribution in [3.8, 4) is 5.75 Å². The third-order valence-electron chi connectivity index (χ3n) is 5.58. The molecule has 0 aliphatic heterocycles. The third kappa shape index (κ3) is 5.55. The Labute approximate surface area is 218 Å². The molecule has 0 aliphatic carbocycles. The van der Waals surface area contributed by atoms with Gasteiger partial charge in [-0.3, -0.25) is 13.9 Å². The van der Waals surface area contributed by atoms with Gasteiger partial charge in [0, 0.05) is 10.9 Å². The smallest absolute Gasteiger partial charge is 0.296 e. The number of nitrogens with zero attached hydrogens (tertiary/aromatic N) is 2. The summed E-state index contributed by atoms with van der Waals surface area (Å²) in [7, 11) is -9.30. The van der Waals surface area contributed by atoms with Crippen molar-refractivity contribution >= 4 is 54.0 Å². The molecule has 4 aromatic carbocycles. The largest absolute Gasteiger partial charge is 0.505 e. The maximum absolute atomic E-state index is 12.8. The first-order valence-electron chi connectivity index (χ1n) is 10.9. The van der Waals surface area contributed by atoms with Gasteiger partial charge in [-0.25, -0.2) is 0 Å². The lowest BCUT2D eigenvalue weighted by Crippen LogP contribution is -2.13. The molecule has 0 atom stereocenters. The predicted octanol–water partition coefficient (Wildman–Crippen LogP) is 5.32. The molecule has 0 saturated carbocycles. The molecule has 0 heterocycles. The zero-order chi connectivity index (χ0) is 27.8. The van der Waals surface area contributed by atoms with E-state index in [0.29, 0.717) is 11.1 Å². The molecule has 4 rings (SSSR count). The molecule has 0 fully saturated rings. The van der Waals surface area contributed by atoms with E-state index in [-0.39, 0.29) is 33.4 Å². The van der Waals surface area contributed by atoms with Crippen LogP contribution in [-0.4, -0.2) is 37.0 Å². The molecule has 0 aliphatic rings. The monoisotopic (exact) mass is 555 g/mol. The van der Waals surface area contributed by atoms with E-state index in [4.69, 9.17) is 0 Å². The number of amides is 1. The van der Waals surface area contributed by atoms with Gasteiger partial charge in [0.05, 0.1) is 10.6 Å². The Kier molecular flexibility index (Phi) is 7.04. The molecule has 0 spiro atoms. The van der Waals surface area contributed by atoms with Crippen LogP contribution in [0.2, 0.25) is 0 Å².